The average molecular weight is 373 g/mol. The van der Waals surface area contributed by atoms with Gasteiger partial charge in [-0.1, -0.05) is 17.7 Å². The molecule has 0 aromatic heterocycles. The molecule has 0 N–H and O–H groups in total. The lowest BCUT2D eigenvalue weighted by molar-refractivity contribution is 0.0240. The van der Waals surface area contributed by atoms with Crippen molar-refractivity contribution in [1.82, 2.24) is 4.90 Å². The Morgan fingerprint density at radius 1 is 1.19 bits per heavy atom. The van der Waals surface area contributed by atoms with E-state index in [1.165, 1.54) is 6.08 Å². The Kier molecular flexibility index (Phi) is 6.13. The van der Waals surface area contributed by atoms with Crippen molar-refractivity contribution in [2.45, 2.75) is 26.4 Å². The number of anilines is 1. The molecule has 1 aromatic carbocycles. The number of benzene rings is 1. The van der Waals surface area contributed by atoms with Crippen LogP contribution in [0.1, 0.15) is 26.3 Å². The topological polar surface area (TPSA) is 80.4 Å². The minimum atomic E-state index is -0.503. The second-order valence-electron chi connectivity index (χ2n) is 6.94. The van der Waals surface area contributed by atoms with Crippen LogP contribution in [0.4, 0.5) is 10.5 Å². The smallest absolute Gasteiger partial charge is 0.410 e. The van der Waals surface area contributed by atoms with Crippen molar-refractivity contribution in [3.63, 3.8) is 0 Å². The van der Waals surface area contributed by atoms with E-state index < -0.39 is 5.60 Å². The van der Waals surface area contributed by atoms with Crippen LogP contribution in [0, 0.1) is 22.7 Å². The molecule has 0 saturated carbocycles. The van der Waals surface area contributed by atoms with Crippen molar-refractivity contribution >= 4 is 29.5 Å². The number of hydrogen-bond donors (Lipinski definition) is 0. The van der Waals surface area contributed by atoms with E-state index >= 15 is 0 Å². The highest BCUT2D eigenvalue weighted by Gasteiger charge is 2.26. The van der Waals surface area contributed by atoms with Gasteiger partial charge >= 0.3 is 6.09 Å². The van der Waals surface area contributed by atoms with Gasteiger partial charge in [-0.3, -0.25) is 0 Å². The van der Waals surface area contributed by atoms with Crippen LogP contribution in [0.2, 0.25) is 5.02 Å². The van der Waals surface area contributed by atoms with E-state index in [1.54, 1.807) is 11.0 Å². The summed E-state index contributed by atoms with van der Waals surface area (Å²) in [6.45, 7) is 8.04. The Morgan fingerprint density at radius 3 is 2.31 bits per heavy atom. The molecule has 0 radical (unpaired) electrons. The molecule has 1 aliphatic rings. The summed E-state index contributed by atoms with van der Waals surface area (Å²) in [5.74, 6) is 0. The van der Waals surface area contributed by atoms with E-state index in [0.717, 1.165) is 5.69 Å². The van der Waals surface area contributed by atoms with Gasteiger partial charge in [-0.05, 0) is 44.5 Å². The predicted molar refractivity (Wildman–Crippen MR) is 101 cm³/mol. The van der Waals surface area contributed by atoms with Gasteiger partial charge < -0.3 is 14.5 Å². The third kappa shape index (κ3) is 5.15. The first kappa shape index (κ1) is 19.6. The quantitative estimate of drug-likeness (QED) is 0.737. The molecule has 7 heteroatoms. The molecule has 1 saturated heterocycles. The van der Waals surface area contributed by atoms with Crippen molar-refractivity contribution in [3.8, 4) is 12.1 Å². The van der Waals surface area contributed by atoms with E-state index in [9.17, 15) is 4.79 Å². The summed E-state index contributed by atoms with van der Waals surface area (Å²) >= 11 is 6.28. The highest BCUT2D eigenvalue weighted by molar-refractivity contribution is 6.32. The Morgan fingerprint density at radius 2 is 1.81 bits per heavy atom. The van der Waals surface area contributed by atoms with Crippen molar-refractivity contribution in [2.24, 2.45) is 0 Å². The third-order valence-electron chi connectivity index (χ3n) is 3.82. The van der Waals surface area contributed by atoms with E-state index in [-0.39, 0.29) is 11.7 Å². The zero-order valence-corrected chi connectivity index (χ0v) is 15.9. The molecule has 26 heavy (non-hydrogen) atoms. The first-order valence-corrected chi connectivity index (χ1v) is 8.65. The number of amides is 1. The van der Waals surface area contributed by atoms with Gasteiger partial charge in [-0.15, -0.1) is 0 Å². The van der Waals surface area contributed by atoms with E-state index in [2.05, 4.69) is 4.90 Å². The van der Waals surface area contributed by atoms with Gasteiger partial charge in [-0.25, -0.2) is 4.79 Å². The first-order valence-electron chi connectivity index (χ1n) is 8.28. The largest absolute Gasteiger partial charge is 0.444 e. The minimum Gasteiger partial charge on any atom is -0.444 e. The summed E-state index contributed by atoms with van der Waals surface area (Å²) < 4.78 is 5.40. The zero-order chi connectivity index (χ0) is 19.3. The van der Waals surface area contributed by atoms with Crippen molar-refractivity contribution in [1.29, 1.82) is 10.5 Å². The molecule has 6 nitrogen and oxygen atoms in total. The Balaban J connectivity index is 2.03. The number of carbonyl (C=O) groups excluding carboxylic acids is 1. The molecule has 0 bridgehead atoms. The zero-order valence-electron chi connectivity index (χ0n) is 15.1. The maximum atomic E-state index is 12.1. The fourth-order valence-electron chi connectivity index (χ4n) is 2.55. The van der Waals surface area contributed by atoms with Crippen molar-refractivity contribution < 1.29 is 9.53 Å². The van der Waals surface area contributed by atoms with Crippen LogP contribution < -0.4 is 4.90 Å². The monoisotopic (exact) mass is 372 g/mol. The Labute approximate surface area is 158 Å². The predicted octanol–water partition coefficient (Wildman–Crippen LogP) is 3.83. The summed E-state index contributed by atoms with van der Waals surface area (Å²) in [6, 6.07) is 9.13. The molecule has 1 amide bonds. The van der Waals surface area contributed by atoms with Crippen molar-refractivity contribution in [2.75, 3.05) is 31.1 Å². The summed E-state index contributed by atoms with van der Waals surface area (Å²) in [5.41, 5.74) is 1.06. The standard InChI is InChI=1S/C19H21ClN4O2/c1-19(2,3)26-18(25)24-8-6-23(7-9-24)16-5-4-15(17(20)11-16)10-14(12-21)13-22/h4-5,10-11H,6-9H2,1-3H3. The average Bonchev–Trinajstić information content (AvgIpc) is 2.59. The fraction of sp³-hybridized carbons (Fsp3) is 0.421. The molecule has 0 atom stereocenters. The molecule has 1 heterocycles. The Bertz CT molecular complexity index is 775. The summed E-state index contributed by atoms with van der Waals surface area (Å²) in [6.07, 6.45) is 1.17. The van der Waals surface area contributed by atoms with Gasteiger partial charge in [0.15, 0.2) is 0 Å². The van der Waals surface area contributed by atoms with E-state index in [4.69, 9.17) is 26.9 Å². The number of allylic oxidation sites excluding steroid dienone is 1. The van der Waals surface area contributed by atoms with Gasteiger partial charge in [0.25, 0.3) is 0 Å². The summed E-state index contributed by atoms with van der Waals surface area (Å²) in [7, 11) is 0. The van der Waals surface area contributed by atoms with E-state index in [0.29, 0.717) is 36.8 Å². The van der Waals surface area contributed by atoms with Gasteiger partial charge in [0.05, 0.1) is 0 Å². The number of nitrogens with zero attached hydrogens (tertiary/aromatic N) is 4. The number of ether oxygens (including phenoxy) is 1. The molecular formula is C19H21ClN4O2. The lowest BCUT2D eigenvalue weighted by Gasteiger charge is -2.36. The number of carbonyl (C=O) groups is 1. The summed E-state index contributed by atoms with van der Waals surface area (Å²) in [5, 5.41) is 18.2. The molecule has 0 aliphatic carbocycles. The number of halogens is 1. The minimum absolute atomic E-state index is 0.00521. The normalized spacial score (nSPS) is 14.2. The second kappa shape index (κ2) is 8.12. The lowest BCUT2D eigenvalue weighted by atomic mass is 10.1. The van der Waals surface area contributed by atoms with Crippen molar-refractivity contribution in [3.05, 3.63) is 34.4 Å². The van der Waals surface area contributed by atoms with Gasteiger partial charge in [0.2, 0.25) is 0 Å². The van der Waals surface area contributed by atoms with Crippen LogP contribution in [0.5, 0.6) is 0 Å². The van der Waals surface area contributed by atoms with Crippen LogP contribution in [-0.2, 0) is 4.74 Å². The number of piperazine rings is 1. The third-order valence-corrected chi connectivity index (χ3v) is 4.15. The van der Waals surface area contributed by atoms with Crippen LogP contribution in [-0.4, -0.2) is 42.8 Å². The molecule has 1 aliphatic heterocycles. The highest BCUT2D eigenvalue weighted by atomic mass is 35.5. The molecule has 1 aromatic rings. The van der Waals surface area contributed by atoms with Crippen LogP contribution >= 0.6 is 11.6 Å². The van der Waals surface area contributed by atoms with Gasteiger partial charge in [0.1, 0.15) is 23.3 Å². The molecule has 0 spiro atoms. The molecule has 136 valence electrons. The molecule has 0 unspecified atom stereocenters. The van der Waals surface area contributed by atoms with E-state index in [1.807, 2.05) is 45.0 Å². The number of rotatable bonds is 2. The molecular weight excluding hydrogens is 352 g/mol. The SMILES string of the molecule is CC(C)(C)OC(=O)N1CCN(c2ccc(C=C(C#N)C#N)c(Cl)c2)CC1. The maximum Gasteiger partial charge on any atom is 0.410 e. The number of nitriles is 2. The lowest BCUT2D eigenvalue weighted by Crippen LogP contribution is -2.50. The highest BCUT2D eigenvalue weighted by Crippen LogP contribution is 2.26. The Hall–Kier alpha value is -2.70. The fourth-order valence-corrected chi connectivity index (χ4v) is 2.78. The van der Waals surface area contributed by atoms with Crippen LogP contribution in [0.15, 0.2) is 23.8 Å². The van der Waals surface area contributed by atoms with Crippen LogP contribution in [0.25, 0.3) is 6.08 Å². The summed E-state index contributed by atoms with van der Waals surface area (Å²) in [4.78, 5) is 16.0. The van der Waals surface area contributed by atoms with Crippen LogP contribution in [0.3, 0.4) is 0 Å². The first-order chi connectivity index (χ1) is 12.2. The molecule has 2 rings (SSSR count). The molecule has 1 fully saturated rings. The number of hydrogen-bond acceptors (Lipinski definition) is 5. The van der Waals surface area contributed by atoms with Gasteiger partial charge in [-0.2, -0.15) is 10.5 Å². The second-order valence-corrected chi connectivity index (χ2v) is 7.35. The van der Waals surface area contributed by atoms with Gasteiger partial charge in [0, 0.05) is 36.9 Å². The maximum absolute atomic E-state index is 12.1.